The normalized spacial score (nSPS) is 20.1. The third-order valence-electron chi connectivity index (χ3n) is 9.12. The number of amides is 4. The highest BCUT2D eigenvalue weighted by Crippen LogP contribution is 2.29. The largest absolute Gasteiger partial charge is 0.484 e. The number of carboxylic acids is 1. The Hall–Kier alpha value is -6.18. The summed E-state index contributed by atoms with van der Waals surface area (Å²) in [5.41, 5.74) is 1.62. The molecule has 0 aliphatic carbocycles. The molecule has 4 unspecified atom stereocenters. The predicted molar refractivity (Wildman–Crippen MR) is 196 cm³/mol. The van der Waals surface area contributed by atoms with Gasteiger partial charge in [0.05, 0.1) is 5.56 Å². The Morgan fingerprint density at radius 3 is 1.69 bits per heavy atom. The Morgan fingerprint density at radius 1 is 0.636 bits per heavy atom. The van der Waals surface area contributed by atoms with E-state index in [1.54, 1.807) is 36.4 Å². The zero-order valence-corrected chi connectivity index (χ0v) is 29.7. The topological polar surface area (TPSA) is 163 Å². The first-order valence-corrected chi connectivity index (χ1v) is 17.7. The van der Waals surface area contributed by atoms with Gasteiger partial charge in [0.15, 0.2) is 6.61 Å². The molecule has 4 atom stereocenters. The third kappa shape index (κ3) is 12.2. The Bertz CT molecular complexity index is 1930. The van der Waals surface area contributed by atoms with Crippen molar-refractivity contribution < 1.29 is 47.0 Å². The van der Waals surface area contributed by atoms with E-state index in [1.807, 2.05) is 48.5 Å². The summed E-state index contributed by atoms with van der Waals surface area (Å²) in [7, 11) is 0. The van der Waals surface area contributed by atoms with E-state index in [1.165, 1.54) is 12.1 Å². The van der Waals surface area contributed by atoms with Crippen molar-refractivity contribution in [2.45, 2.75) is 68.9 Å². The maximum atomic E-state index is 14.1. The summed E-state index contributed by atoms with van der Waals surface area (Å²) in [5, 5.41) is 20.6. The Morgan fingerprint density at radius 2 is 1.15 bits per heavy atom. The fourth-order valence-corrected chi connectivity index (χ4v) is 6.08. The van der Waals surface area contributed by atoms with E-state index in [4.69, 9.17) is 4.74 Å². The average molecular weight is 759 g/mol. The molecule has 4 aromatic rings. The molecular formula is C41H41F3N4O7. The Balaban J connectivity index is 1.49. The molecule has 0 saturated carbocycles. The van der Waals surface area contributed by atoms with Crippen LogP contribution in [0.15, 0.2) is 109 Å². The zero-order valence-electron chi connectivity index (χ0n) is 29.7. The van der Waals surface area contributed by atoms with Crippen LogP contribution >= 0.6 is 0 Å². The van der Waals surface area contributed by atoms with Gasteiger partial charge in [0.25, 0.3) is 5.91 Å². The van der Waals surface area contributed by atoms with Crippen molar-refractivity contribution in [3.8, 4) is 5.75 Å². The molecule has 288 valence electrons. The van der Waals surface area contributed by atoms with Crippen LogP contribution < -0.4 is 26.0 Å². The second-order valence-electron chi connectivity index (χ2n) is 13.2. The summed E-state index contributed by atoms with van der Waals surface area (Å²) in [5.74, 6) is -4.06. The minimum absolute atomic E-state index is 0.0384. The maximum absolute atomic E-state index is 14.1. The first kappa shape index (κ1) is 40.0. The van der Waals surface area contributed by atoms with Crippen LogP contribution in [0.4, 0.5) is 13.2 Å². The van der Waals surface area contributed by atoms with Crippen LogP contribution in [0.1, 0.15) is 40.7 Å². The molecule has 0 fully saturated rings. The number of ether oxygens (including phenoxy) is 1. The van der Waals surface area contributed by atoms with Crippen molar-refractivity contribution in [1.82, 2.24) is 21.3 Å². The van der Waals surface area contributed by atoms with Crippen LogP contribution in [0.5, 0.6) is 5.75 Å². The third-order valence-corrected chi connectivity index (χ3v) is 9.12. The Labute approximate surface area is 315 Å². The lowest BCUT2D eigenvalue weighted by atomic mass is 10.00. The number of aryl methyl sites for hydroxylation is 2. The lowest BCUT2D eigenvalue weighted by Gasteiger charge is -2.26. The van der Waals surface area contributed by atoms with Crippen LogP contribution in [-0.2, 0) is 55.8 Å². The van der Waals surface area contributed by atoms with Gasteiger partial charge in [0.2, 0.25) is 17.7 Å². The number of hydrogen-bond acceptors (Lipinski definition) is 6. The van der Waals surface area contributed by atoms with Gasteiger partial charge in [0, 0.05) is 12.8 Å². The summed E-state index contributed by atoms with van der Waals surface area (Å²) in [6.45, 7) is -0.471. The molecule has 14 heteroatoms. The van der Waals surface area contributed by atoms with E-state index >= 15 is 0 Å². The van der Waals surface area contributed by atoms with Crippen molar-refractivity contribution >= 4 is 29.6 Å². The van der Waals surface area contributed by atoms with Gasteiger partial charge in [-0.15, -0.1) is 0 Å². The molecule has 0 aromatic heterocycles. The second-order valence-corrected chi connectivity index (χ2v) is 13.2. The highest BCUT2D eigenvalue weighted by molar-refractivity contribution is 5.95. The molecule has 11 nitrogen and oxygen atoms in total. The van der Waals surface area contributed by atoms with E-state index in [0.717, 1.165) is 23.3 Å². The monoisotopic (exact) mass is 758 g/mol. The first-order chi connectivity index (χ1) is 26.3. The van der Waals surface area contributed by atoms with Crippen LogP contribution in [0.25, 0.3) is 0 Å². The Kier molecular flexibility index (Phi) is 13.6. The molecular weight excluding hydrogens is 717 g/mol. The van der Waals surface area contributed by atoms with Crippen LogP contribution in [0, 0.1) is 0 Å². The van der Waals surface area contributed by atoms with Crippen molar-refractivity contribution in [3.05, 3.63) is 137 Å². The van der Waals surface area contributed by atoms with Gasteiger partial charge < -0.3 is 31.1 Å². The number of hydrogen-bond donors (Lipinski definition) is 5. The number of nitrogens with one attached hydrogen (secondary N) is 4. The molecule has 4 aromatic carbocycles. The summed E-state index contributed by atoms with van der Waals surface area (Å²) in [6, 6.07) is 23.4. The summed E-state index contributed by atoms with van der Waals surface area (Å²) < 4.78 is 45.7. The zero-order chi connectivity index (χ0) is 39.4. The van der Waals surface area contributed by atoms with Crippen LogP contribution in [0.2, 0.25) is 0 Å². The van der Waals surface area contributed by atoms with E-state index < -0.39 is 72.1 Å². The second kappa shape index (κ2) is 18.7. The number of fused-ring (bicyclic) bond motifs is 16. The minimum atomic E-state index is -4.60. The quantitative estimate of drug-likeness (QED) is 0.160. The maximum Gasteiger partial charge on any atom is 0.416 e. The van der Waals surface area contributed by atoms with E-state index in [0.29, 0.717) is 24.2 Å². The number of carboxylic acid groups (broad SMARTS) is 1. The van der Waals surface area contributed by atoms with Gasteiger partial charge in [0.1, 0.15) is 29.9 Å². The molecule has 55 heavy (non-hydrogen) atoms. The van der Waals surface area contributed by atoms with Gasteiger partial charge in [-0.2, -0.15) is 13.2 Å². The number of aliphatic carboxylic acids is 1. The number of carbonyl (C=O) groups is 5. The summed E-state index contributed by atoms with van der Waals surface area (Å²) >= 11 is 0. The van der Waals surface area contributed by atoms with Crippen molar-refractivity contribution in [1.29, 1.82) is 0 Å². The fraction of sp³-hybridized carbons (Fsp3) is 0.293. The first-order valence-electron chi connectivity index (χ1n) is 17.7. The number of alkyl halides is 3. The average Bonchev–Trinajstić information content (AvgIpc) is 3.17. The number of benzene rings is 4. The lowest BCUT2D eigenvalue weighted by molar-refractivity contribution is -0.142. The van der Waals surface area contributed by atoms with Crippen molar-refractivity contribution in [2.24, 2.45) is 0 Å². The molecule has 2 bridgehead atoms. The van der Waals surface area contributed by atoms with E-state index in [-0.39, 0.29) is 31.2 Å². The van der Waals surface area contributed by atoms with Gasteiger partial charge in [-0.1, -0.05) is 84.9 Å². The predicted octanol–water partition coefficient (Wildman–Crippen LogP) is 4.17. The van der Waals surface area contributed by atoms with Crippen LogP contribution in [-0.4, -0.2) is 65.5 Å². The van der Waals surface area contributed by atoms with Crippen molar-refractivity contribution in [3.63, 3.8) is 0 Å². The smallest absolute Gasteiger partial charge is 0.416 e. The molecule has 0 radical (unpaired) electrons. The van der Waals surface area contributed by atoms with Crippen molar-refractivity contribution in [2.75, 3.05) is 6.61 Å². The highest BCUT2D eigenvalue weighted by Gasteiger charge is 2.33. The lowest BCUT2D eigenvalue weighted by Crippen LogP contribution is -2.58. The molecule has 4 amide bonds. The van der Waals surface area contributed by atoms with Gasteiger partial charge in [-0.25, -0.2) is 4.79 Å². The molecule has 5 N–H and O–H groups in total. The van der Waals surface area contributed by atoms with Crippen LogP contribution in [0.3, 0.4) is 0 Å². The molecule has 6 rings (SSSR count). The molecule has 0 saturated heterocycles. The number of halogens is 3. The van der Waals surface area contributed by atoms with Gasteiger partial charge in [-0.05, 0) is 72.2 Å². The van der Waals surface area contributed by atoms with E-state index in [2.05, 4.69) is 21.3 Å². The van der Waals surface area contributed by atoms with Gasteiger partial charge >= 0.3 is 12.1 Å². The summed E-state index contributed by atoms with van der Waals surface area (Å²) in [4.78, 5) is 67.4. The highest BCUT2D eigenvalue weighted by atomic mass is 19.4. The molecule has 2 aliphatic rings. The number of rotatable bonds is 9. The summed E-state index contributed by atoms with van der Waals surface area (Å²) in [6.07, 6.45) is -4.17. The number of carbonyl (C=O) groups excluding carboxylic acids is 4. The van der Waals surface area contributed by atoms with Gasteiger partial charge in [-0.3, -0.25) is 19.2 Å². The molecule has 2 heterocycles. The van der Waals surface area contributed by atoms with E-state index in [9.17, 15) is 42.3 Å². The fourth-order valence-electron chi connectivity index (χ4n) is 6.08. The molecule has 2 aliphatic heterocycles. The standard InChI is InChI=1S/C41H41F3N4O7/c42-41(43,44)30-17-11-28(12-18-30)23-34-39(52)46-33(22-16-27-9-5-2-6-10-27)38(51)48-35(40(53)54)24-29-13-19-31(20-14-29)55-25-36(49)45-32(37(50)47-34)21-15-26-7-3-1-4-8-26/h1-14,17-20,32-35H,15-16,21-25H2,(H,45,49)(H,46,52)(H,47,50)(H,48,51)(H,53,54). The molecule has 0 spiro atoms. The minimum Gasteiger partial charge on any atom is -0.484 e. The SMILES string of the molecule is O=C1COc2ccc(cc2)CC(C(=O)O)NC(=O)C(CCc2ccccc2)NC(=O)C(Cc2ccc(C(F)(F)F)cc2)NC(=O)C(CCc2ccccc2)N1.